The van der Waals surface area contributed by atoms with Crippen LogP contribution >= 0.6 is 0 Å². The van der Waals surface area contributed by atoms with Crippen molar-refractivity contribution in [2.45, 2.75) is 51.9 Å². The number of rotatable bonds is 10. The number of aryl methyl sites for hydroxylation is 1. The van der Waals surface area contributed by atoms with Gasteiger partial charge in [0.2, 0.25) is 0 Å². The Kier molecular flexibility index (Phi) is 6.58. The Morgan fingerprint density at radius 2 is 2.00 bits per heavy atom. The molecule has 0 aliphatic heterocycles. The van der Waals surface area contributed by atoms with Gasteiger partial charge in [0.1, 0.15) is 17.4 Å². The molecule has 0 saturated heterocycles. The molecule has 1 aromatic carbocycles. The van der Waals surface area contributed by atoms with Crippen LogP contribution in [-0.2, 0) is 11.2 Å². The van der Waals surface area contributed by atoms with Gasteiger partial charge in [-0.1, -0.05) is 25.8 Å². The highest BCUT2D eigenvalue weighted by Crippen LogP contribution is 2.32. The number of benzene rings is 1. The number of H-pyrrole nitrogens is 1. The Balaban J connectivity index is 1.60. The summed E-state index contributed by atoms with van der Waals surface area (Å²) in [6, 6.07) is 8.03. The number of fused-ring (bicyclic) bond motifs is 1. The van der Waals surface area contributed by atoms with Crippen LogP contribution in [0.2, 0.25) is 0 Å². The minimum Gasteiger partial charge on any atom is -0.496 e. The van der Waals surface area contributed by atoms with Crippen LogP contribution in [0.15, 0.2) is 36.7 Å². The van der Waals surface area contributed by atoms with E-state index < -0.39 is 0 Å². The second-order valence-electron chi connectivity index (χ2n) is 6.80. The van der Waals surface area contributed by atoms with Crippen molar-refractivity contribution in [2.24, 2.45) is 0 Å². The highest BCUT2D eigenvalue weighted by atomic mass is 16.5. The Bertz CT molecular complexity index is 901. The van der Waals surface area contributed by atoms with Crippen LogP contribution in [0.25, 0.3) is 22.2 Å². The van der Waals surface area contributed by atoms with Crippen molar-refractivity contribution in [3.63, 3.8) is 0 Å². The fourth-order valence-corrected chi connectivity index (χ4v) is 3.25. The Hall–Kier alpha value is -2.69. The molecule has 0 aliphatic carbocycles. The minimum absolute atomic E-state index is 0.366. The third-order valence-corrected chi connectivity index (χ3v) is 4.86. The monoisotopic (exact) mass is 365 g/mol. The standard InChI is InChI=1S/C22H27N3O2/c1-3-17(26)10-6-4-5-7-11-22-24-15-20(25-22)18-13-16-9-8-12-23-19(16)14-21(18)27-2/h8-9,12-15H,3-7,10-11H2,1-2H3,(H,24,25). The van der Waals surface area contributed by atoms with Gasteiger partial charge in [-0.3, -0.25) is 9.78 Å². The first-order valence-corrected chi connectivity index (χ1v) is 9.70. The SMILES string of the molecule is CCC(=O)CCCCCCc1ncc(-c2cc3cccnc3cc2OC)[nH]1. The van der Waals surface area contributed by atoms with Gasteiger partial charge >= 0.3 is 0 Å². The maximum atomic E-state index is 11.3. The van der Waals surface area contributed by atoms with Gasteiger partial charge in [0.25, 0.3) is 0 Å². The van der Waals surface area contributed by atoms with Crippen molar-refractivity contribution in [3.05, 3.63) is 42.5 Å². The lowest BCUT2D eigenvalue weighted by molar-refractivity contribution is -0.118. The van der Waals surface area contributed by atoms with Crippen molar-refractivity contribution in [1.29, 1.82) is 0 Å². The molecule has 5 heteroatoms. The molecule has 0 bridgehead atoms. The zero-order valence-electron chi connectivity index (χ0n) is 16.1. The summed E-state index contributed by atoms with van der Waals surface area (Å²) in [5.41, 5.74) is 2.87. The molecular formula is C22H27N3O2. The van der Waals surface area contributed by atoms with Gasteiger partial charge in [0, 0.05) is 42.5 Å². The maximum absolute atomic E-state index is 11.3. The Morgan fingerprint density at radius 1 is 1.15 bits per heavy atom. The normalized spacial score (nSPS) is 11.0. The van der Waals surface area contributed by atoms with Gasteiger partial charge < -0.3 is 9.72 Å². The van der Waals surface area contributed by atoms with Crippen molar-refractivity contribution in [1.82, 2.24) is 15.0 Å². The van der Waals surface area contributed by atoms with E-state index in [2.05, 4.69) is 21.0 Å². The number of imidazole rings is 1. The third-order valence-electron chi connectivity index (χ3n) is 4.86. The highest BCUT2D eigenvalue weighted by Gasteiger charge is 2.11. The van der Waals surface area contributed by atoms with Gasteiger partial charge in [-0.05, 0) is 25.0 Å². The van der Waals surface area contributed by atoms with Crippen molar-refractivity contribution in [3.8, 4) is 17.0 Å². The number of unbranched alkanes of at least 4 members (excludes halogenated alkanes) is 3. The zero-order valence-corrected chi connectivity index (χ0v) is 16.1. The topological polar surface area (TPSA) is 67.9 Å². The van der Waals surface area contributed by atoms with Crippen LogP contribution < -0.4 is 4.74 Å². The molecule has 0 radical (unpaired) electrons. The number of carbonyl (C=O) groups is 1. The Labute approximate surface area is 160 Å². The van der Waals surface area contributed by atoms with Gasteiger partial charge in [-0.15, -0.1) is 0 Å². The largest absolute Gasteiger partial charge is 0.496 e. The predicted molar refractivity (Wildman–Crippen MR) is 108 cm³/mol. The van der Waals surface area contributed by atoms with Crippen LogP contribution in [0, 0.1) is 0 Å². The van der Waals surface area contributed by atoms with Gasteiger partial charge in [-0.25, -0.2) is 4.98 Å². The molecule has 0 atom stereocenters. The van der Waals surface area contributed by atoms with E-state index in [4.69, 9.17) is 4.74 Å². The molecule has 27 heavy (non-hydrogen) atoms. The lowest BCUT2D eigenvalue weighted by Crippen LogP contribution is -1.95. The number of nitrogens with zero attached hydrogens (tertiary/aromatic N) is 2. The van der Waals surface area contributed by atoms with E-state index in [-0.39, 0.29) is 0 Å². The molecule has 2 heterocycles. The fourth-order valence-electron chi connectivity index (χ4n) is 3.25. The van der Waals surface area contributed by atoms with Crippen molar-refractivity contribution >= 4 is 16.7 Å². The highest BCUT2D eigenvalue weighted by molar-refractivity contribution is 5.87. The molecule has 0 saturated carbocycles. The number of pyridine rings is 1. The van der Waals surface area contributed by atoms with E-state index >= 15 is 0 Å². The summed E-state index contributed by atoms with van der Waals surface area (Å²) < 4.78 is 5.56. The molecule has 1 N–H and O–H groups in total. The quantitative estimate of drug-likeness (QED) is 0.507. The lowest BCUT2D eigenvalue weighted by atomic mass is 10.1. The predicted octanol–water partition coefficient (Wildman–Crippen LogP) is 5.11. The first kappa shape index (κ1) is 19.1. The van der Waals surface area contributed by atoms with E-state index in [0.29, 0.717) is 12.2 Å². The first-order chi connectivity index (χ1) is 13.2. The maximum Gasteiger partial charge on any atom is 0.132 e. The number of aromatic amines is 1. The number of ketones is 1. The second-order valence-corrected chi connectivity index (χ2v) is 6.80. The minimum atomic E-state index is 0.366. The molecule has 3 aromatic rings. The molecule has 0 amide bonds. The van der Waals surface area contributed by atoms with Gasteiger partial charge in [-0.2, -0.15) is 0 Å². The van der Waals surface area contributed by atoms with Crippen molar-refractivity contribution < 1.29 is 9.53 Å². The number of Topliss-reactive ketones (excluding diaryl/α,β-unsaturated/α-hetero) is 1. The molecule has 5 nitrogen and oxygen atoms in total. The third kappa shape index (κ3) is 4.94. The molecule has 3 rings (SSSR count). The summed E-state index contributed by atoms with van der Waals surface area (Å²) in [7, 11) is 1.67. The van der Waals surface area contributed by atoms with Crippen LogP contribution in [-0.4, -0.2) is 27.8 Å². The molecule has 142 valence electrons. The van der Waals surface area contributed by atoms with E-state index in [9.17, 15) is 4.79 Å². The number of hydrogen-bond donors (Lipinski definition) is 1. The summed E-state index contributed by atoms with van der Waals surface area (Å²) in [6.07, 6.45) is 10.2. The fraction of sp³-hybridized carbons (Fsp3) is 0.409. The summed E-state index contributed by atoms with van der Waals surface area (Å²) in [5.74, 6) is 2.14. The van der Waals surface area contributed by atoms with Gasteiger partial charge in [0.05, 0.1) is 24.5 Å². The van der Waals surface area contributed by atoms with E-state index in [1.54, 1.807) is 13.3 Å². The number of nitrogens with one attached hydrogen (secondary N) is 1. The summed E-state index contributed by atoms with van der Waals surface area (Å²) >= 11 is 0. The molecule has 0 fully saturated rings. The molecule has 0 unspecified atom stereocenters. The first-order valence-electron chi connectivity index (χ1n) is 9.70. The Morgan fingerprint density at radius 3 is 2.81 bits per heavy atom. The smallest absolute Gasteiger partial charge is 0.132 e. The summed E-state index contributed by atoms with van der Waals surface area (Å²) in [6.45, 7) is 1.93. The average Bonchev–Trinajstić information content (AvgIpc) is 3.18. The molecular weight excluding hydrogens is 338 g/mol. The lowest BCUT2D eigenvalue weighted by Gasteiger charge is -2.08. The molecule has 0 spiro atoms. The number of hydrogen-bond acceptors (Lipinski definition) is 4. The van der Waals surface area contributed by atoms with Crippen molar-refractivity contribution in [2.75, 3.05) is 7.11 Å². The van der Waals surface area contributed by atoms with Gasteiger partial charge in [0.15, 0.2) is 0 Å². The van der Waals surface area contributed by atoms with Crippen LogP contribution in [0.5, 0.6) is 5.75 Å². The van der Waals surface area contributed by atoms with E-state index in [1.807, 2.05) is 31.3 Å². The van der Waals surface area contributed by atoms with E-state index in [0.717, 1.165) is 72.3 Å². The second kappa shape index (κ2) is 9.31. The van der Waals surface area contributed by atoms with Crippen LogP contribution in [0.4, 0.5) is 0 Å². The van der Waals surface area contributed by atoms with Crippen LogP contribution in [0.3, 0.4) is 0 Å². The number of methoxy groups -OCH3 is 1. The summed E-state index contributed by atoms with van der Waals surface area (Å²) in [5, 5.41) is 1.08. The summed E-state index contributed by atoms with van der Waals surface area (Å²) in [4.78, 5) is 23.6. The number of ether oxygens (including phenoxy) is 1. The number of carbonyl (C=O) groups excluding carboxylic acids is 1. The molecule has 0 aliphatic rings. The molecule has 2 aromatic heterocycles. The average molecular weight is 365 g/mol. The number of aromatic nitrogens is 3. The zero-order chi connectivity index (χ0) is 19.1. The van der Waals surface area contributed by atoms with Crippen LogP contribution in [0.1, 0.15) is 51.3 Å². The van der Waals surface area contributed by atoms with E-state index in [1.165, 1.54) is 0 Å².